The second-order valence-electron chi connectivity index (χ2n) is 7.17. The highest BCUT2D eigenvalue weighted by molar-refractivity contribution is 5.80. The first-order valence-corrected chi connectivity index (χ1v) is 9.89. The fraction of sp³-hybridized carbons (Fsp3) is 0.409. The Kier molecular flexibility index (Phi) is 7.20. The number of hydrogen-bond acceptors (Lipinski definition) is 3. The molecule has 1 aliphatic heterocycles. The fourth-order valence-electron chi connectivity index (χ4n) is 3.45. The highest BCUT2D eigenvalue weighted by Gasteiger charge is 2.32. The van der Waals surface area contributed by atoms with Crippen molar-refractivity contribution < 1.29 is 23.0 Å². The molecule has 3 rings (SSSR count). The lowest BCUT2D eigenvalue weighted by Crippen LogP contribution is -2.48. The number of halogens is 3. The van der Waals surface area contributed by atoms with Crippen LogP contribution in [0.5, 0.6) is 5.75 Å². The number of hydrogen-bond donors (Lipinski definition) is 2. The topological polar surface area (TPSA) is 57.1 Å². The van der Waals surface area contributed by atoms with Crippen molar-refractivity contribution in [1.82, 2.24) is 10.2 Å². The molecule has 5 nitrogen and oxygen atoms in total. The Balaban J connectivity index is 1.55. The molecule has 2 aromatic carbocycles. The maximum absolute atomic E-state index is 13.0. The molecule has 30 heavy (non-hydrogen) atoms. The van der Waals surface area contributed by atoms with E-state index in [1.165, 1.54) is 6.07 Å². The van der Waals surface area contributed by atoms with Crippen LogP contribution in [0.15, 0.2) is 53.5 Å². The maximum atomic E-state index is 13.0. The maximum Gasteiger partial charge on any atom is 0.416 e. The molecule has 0 amide bonds. The first kappa shape index (κ1) is 22.0. The summed E-state index contributed by atoms with van der Waals surface area (Å²) in [7, 11) is 1.69. The van der Waals surface area contributed by atoms with E-state index in [4.69, 9.17) is 4.74 Å². The summed E-state index contributed by atoms with van der Waals surface area (Å²) in [6.07, 6.45) is -3.08. The van der Waals surface area contributed by atoms with Gasteiger partial charge in [-0.25, -0.2) is 0 Å². The molecule has 0 aliphatic carbocycles. The second kappa shape index (κ2) is 9.84. The average Bonchev–Trinajstić information content (AvgIpc) is 2.75. The van der Waals surface area contributed by atoms with Gasteiger partial charge in [-0.15, -0.1) is 0 Å². The van der Waals surface area contributed by atoms with Crippen LogP contribution in [0, 0.1) is 0 Å². The number of aliphatic imine (C=N–C) groups is 1. The molecule has 1 aliphatic rings. The predicted octanol–water partition coefficient (Wildman–Crippen LogP) is 3.99. The summed E-state index contributed by atoms with van der Waals surface area (Å²) in [5, 5.41) is 12.7. The molecule has 1 fully saturated rings. The summed E-state index contributed by atoms with van der Waals surface area (Å²) < 4.78 is 44.8. The van der Waals surface area contributed by atoms with E-state index in [-0.39, 0.29) is 5.75 Å². The van der Waals surface area contributed by atoms with Crippen LogP contribution in [0.3, 0.4) is 0 Å². The molecule has 0 bridgehead atoms. The zero-order valence-electron chi connectivity index (χ0n) is 16.8. The molecule has 2 N–H and O–H groups in total. The summed E-state index contributed by atoms with van der Waals surface area (Å²) in [6, 6.07) is 12.4. The van der Waals surface area contributed by atoms with Gasteiger partial charge >= 0.3 is 6.18 Å². The lowest BCUT2D eigenvalue weighted by Gasteiger charge is -2.35. The number of nitrogens with zero attached hydrogens (tertiary/aromatic N) is 2. The smallest absolute Gasteiger partial charge is 0.416 e. The summed E-state index contributed by atoms with van der Waals surface area (Å²) in [4.78, 5) is 6.32. The van der Waals surface area contributed by atoms with E-state index in [9.17, 15) is 18.3 Å². The Labute approximate surface area is 174 Å². The minimum atomic E-state index is -4.38. The minimum Gasteiger partial charge on any atom is -0.508 e. The van der Waals surface area contributed by atoms with Crippen LogP contribution in [-0.4, -0.2) is 49.3 Å². The van der Waals surface area contributed by atoms with Crippen LogP contribution in [0.25, 0.3) is 0 Å². The van der Waals surface area contributed by atoms with Gasteiger partial charge in [0.25, 0.3) is 0 Å². The van der Waals surface area contributed by atoms with Crippen molar-refractivity contribution in [2.24, 2.45) is 4.99 Å². The first-order chi connectivity index (χ1) is 14.4. The molecule has 0 saturated carbocycles. The number of guanidine groups is 1. The molecule has 1 heterocycles. The van der Waals surface area contributed by atoms with Gasteiger partial charge in [-0.3, -0.25) is 4.99 Å². The zero-order valence-corrected chi connectivity index (χ0v) is 16.8. The van der Waals surface area contributed by atoms with E-state index in [1.54, 1.807) is 25.2 Å². The standard InChI is InChI=1S/C22H26F3N3O2/c1-26-21(27-11-3-4-16-7-9-19(29)10-8-16)28-12-13-30-20(15-28)17-5-2-6-18(14-17)22(23,24)25/h2,5-10,14,20,29H,3-4,11-13,15H2,1H3,(H,26,27). The van der Waals surface area contributed by atoms with Gasteiger partial charge < -0.3 is 20.1 Å². The molecular formula is C22H26F3N3O2. The van der Waals surface area contributed by atoms with Crippen molar-refractivity contribution in [2.45, 2.75) is 25.1 Å². The average molecular weight is 421 g/mol. The van der Waals surface area contributed by atoms with Crippen molar-refractivity contribution in [3.63, 3.8) is 0 Å². The number of nitrogens with one attached hydrogen (secondary N) is 1. The largest absolute Gasteiger partial charge is 0.508 e. The van der Waals surface area contributed by atoms with Gasteiger partial charge in [-0.1, -0.05) is 24.3 Å². The summed E-state index contributed by atoms with van der Waals surface area (Å²) >= 11 is 0. The lowest BCUT2D eigenvalue weighted by atomic mass is 10.0. The second-order valence-corrected chi connectivity index (χ2v) is 7.17. The van der Waals surface area contributed by atoms with Crippen LogP contribution >= 0.6 is 0 Å². The van der Waals surface area contributed by atoms with Gasteiger partial charge in [0.15, 0.2) is 5.96 Å². The van der Waals surface area contributed by atoms with Gasteiger partial charge in [0.05, 0.1) is 18.7 Å². The number of benzene rings is 2. The molecule has 1 atom stereocenters. The van der Waals surface area contributed by atoms with E-state index < -0.39 is 17.8 Å². The summed E-state index contributed by atoms with van der Waals surface area (Å²) in [5.74, 6) is 0.959. The van der Waals surface area contributed by atoms with Crippen LogP contribution in [-0.2, 0) is 17.3 Å². The van der Waals surface area contributed by atoms with Crippen molar-refractivity contribution >= 4 is 5.96 Å². The summed E-state index contributed by atoms with van der Waals surface area (Å²) in [5.41, 5.74) is 0.982. The van der Waals surface area contributed by atoms with Gasteiger partial charge in [0.1, 0.15) is 11.9 Å². The van der Waals surface area contributed by atoms with Crippen LogP contribution < -0.4 is 5.32 Å². The molecule has 1 saturated heterocycles. The van der Waals surface area contributed by atoms with Crippen LogP contribution in [0.1, 0.15) is 29.2 Å². The van der Waals surface area contributed by atoms with Crippen LogP contribution in [0.2, 0.25) is 0 Å². The van der Waals surface area contributed by atoms with E-state index in [0.717, 1.165) is 30.5 Å². The van der Waals surface area contributed by atoms with E-state index in [2.05, 4.69) is 10.3 Å². The number of aryl methyl sites for hydroxylation is 1. The molecule has 8 heteroatoms. The molecule has 0 radical (unpaired) electrons. The Bertz CT molecular complexity index is 853. The molecular weight excluding hydrogens is 395 g/mol. The Morgan fingerprint density at radius 3 is 2.70 bits per heavy atom. The highest BCUT2D eigenvalue weighted by atomic mass is 19.4. The number of ether oxygens (including phenoxy) is 1. The monoisotopic (exact) mass is 421 g/mol. The Morgan fingerprint density at radius 2 is 2.00 bits per heavy atom. The lowest BCUT2D eigenvalue weighted by molar-refractivity contribution is -0.137. The quantitative estimate of drug-likeness (QED) is 0.436. The zero-order chi connectivity index (χ0) is 21.6. The third kappa shape index (κ3) is 5.89. The van der Waals surface area contributed by atoms with Crippen molar-refractivity contribution in [3.05, 3.63) is 65.2 Å². The van der Waals surface area contributed by atoms with E-state index in [0.29, 0.717) is 37.8 Å². The van der Waals surface area contributed by atoms with Gasteiger partial charge in [0, 0.05) is 20.1 Å². The minimum absolute atomic E-state index is 0.250. The Morgan fingerprint density at radius 1 is 1.23 bits per heavy atom. The van der Waals surface area contributed by atoms with Crippen molar-refractivity contribution in [3.8, 4) is 5.75 Å². The van der Waals surface area contributed by atoms with Crippen molar-refractivity contribution in [2.75, 3.05) is 33.3 Å². The SMILES string of the molecule is CN=C(NCCCc1ccc(O)cc1)N1CCOC(c2cccc(C(F)(F)F)c2)C1. The number of morpholine rings is 1. The normalized spacial score (nSPS) is 17.8. The molecule has 1 unspecified atom stereocenters. The number of phenolic OH excluding ortho intramolecular Hbond substituents is 1. The van der Waals surface area contributed by atoms with Crippen LogP contribution in [0.4, 0.5) is 13.2 Å². The molecule has 2 aromatic rings. The third-order valence-corrected chi connectivity index (χ3v) is 5.03. The number of aromatic hydroxyl groups is 1. The number of rotatable bonds is 5. The molecule has 0 aromatic heterocycles. The number of phenols is 1. The third-order valence-electron chi connectivity index (χ3n) is 5.03. The van der Waals surface area contributed by atoms with E-state index >= 15 is 0 Å². The summed E-state index contributed by atoms with van der Waals surface area (Å²) in [6.45, 7) is 2.17. The van der Waals surface area contributed by atoms with Gasteiger partial charge in [-0.05, 0) is 48.2 Å². The number of alkyl halides is 3. The Hall–Kier alpha value is -2.74. The molecule has 0 spiro atoms. The van der Waals surface area contributed by atoms with Gasteiger partial charge in [-0.2, -0.15) is 13.2 Å². The van der Waals surface area contributed by atoms with Gasteiger partial charge in [0.2, 0.25) is 0 Å². The highest BCUT2D eigenvalue weighted by Crippen LogP contribution is 2.32. The predicted molar refractivity (Wildman–Crippen MR) is 109 cm³/mol. The van der Waals surface area contributed by atoms with Crippen molar-refractivity contribution in [1.29, 1.82) is 0 Å². The fourth-order valence-corrected chi connectivity index (χ4v) is 3.45. The molecule has 162 valence electrons. The van der Waals surface area contributed by atoms with E-state index in [1.807, 2.05) is 17.0 Å². The first-order valence-electron chi connectivity index (χ1n) is 9.89.